The lowest BCUT2D eigenvalue weighted by atomic mass is 10.2. The molecule has 0 radical (unpaired) electrons. The highest BCUT2D eigenvalue weighted by Crippen LogP contribution is 2.27. The molecule has 0 bridgehead atoms. The Balaban J connectivity index is 0.00000288. The normalized spacial score (nSPS) is 18.5. The molecule has 10 heteroatoms. The van der Waals surface area contributed by atoms with Gasteiger partial charge in [0.25, 0.3) is 0 Å². The summed E-state index contributed by atoms with van der Waals surface area (Å²) < 4.78 is 67.7. The van der Waals surface area contributed by atoms with Crippen LogP contribution in [0.15, 0.2) is 29.2 Å². The van der Waals surface area contributed by atoms with Crippen LogP contribution in [0.5, 0.6) is 5.75 Å². The molecule has 138 valence electrons. The topological polar surface area (TPSA) is 58.6 Å². The van der Waals surface area contributed by atoms with Crippen molar-refractivity contribution < 1.29 is 26.3 Å². The second kappa shape index (κ2) is 8.37. The van der Waals surface area contributed by atoms with Crippen molar-refractivity contribution in [3.05, 3.63) is 24.3 Å². The third-order valence-electron chi connectivity index (χ3n) is 3.53. The highest BCUT2D eigenvalue weighted by Gasteiger charge is 2.34. The summed E-state index contributed by atoms with van der Waals surface area (Å²) in [6, 6.07) is 4.32. The first-order valence-electron chi connectivity index (χ1n) is 7.32. The summed E-state index contributed by atoms with van der Waals surface area (Å²) in [7, 11) is -3.88. The third kappa shape index (κ3) is 5.23. The van der Waals surface area contributed by atoms with E-state index in [4.69, 9.17) is 0 Å². The zero-order valence-electron chi connectivity index (χ0n) is 13.0. The van der Waals surface area contributed by atoms with Gasteiger partial charge in [-0.15, -0.1) is 25.6 Å². The Morgan fingerprint density at radius 3 is 2.62 bits per heavy atom. The van der Waals surface area contributed by atoms with E-state index in [2.05, 4.69) is 10.1 Å². The molecule has 0 spiro atoms. The fourth-order valence-electron chi connectivity index (χ4n) is 2.57. The van der Waals surface area contributed by atoms with Gasteiger partial charge in [-0.3, -0.25) is 0 Å². The van der Waals surface area contributed by atoms with E-state index in [1.807, 2.05) is 6.92 Å². The predicted molar refractivity (Wildman–Crippen MR) is 85.8 cm³/mol. The van der Waals surface area contributed by atoms with Crippen LogP contribution in [0.1, 0.15) is 19.8 Å². The number of sulfonamides is 1. The van der Waals surface area contributed by atoms with E-state index in [9.17, 15) is 21.6 Å². The van der Waals surface area contributed by atoms with Gasteiger partial charge in [-0.1, -0.05) is 13.0 Å². The Bertz CT molecular complexity index is 634. The predicted octanol–water partition coefficient (Wildman–Crippen LogP) is 2.77. The maximum atomic E-state index is 12.8. The SMILES string of the molecule is CCCN(C1CCNC1)S(=O)(=O)c1cccc(OC(F)(F)F)c1.Cl. The van der Waals surface area contributed by atoms with Crippen molar-refractivity contribution in [2.24, 2.45) is 0 Å². The lowest BCUT2D eigenvalue weighted by molar-refractivity contribution is -0.274. The standard InChI is InChI=1S/C14H19F3N2O3S.ClH/c1-2-8-19(11-6-7-18-10-11)23(20,21)13-5-3-4-12(9-13)22-14(15,16)17;/h3-5,9,11,18H,2,6-8,10H2,1H3;1H. The van der Waals surface area contributed by atoms with Crippen LogP contribution in [-0.4, -0.2) is 44.8 Å². The monoisotopic (exact) mass is 388 g/mol. The quantitative estimate of drug-likeness (QED) is 0.814. The first kappa shape index (κ1) is 21.0. The highest BCUT2D eigenvalue weighted by molar-refractivity contribution is 7.89. The average molecular weight is 389 g/mol. The van der Waals surface area contributed by atoms with Crippen LogP contribution >= 0.6 is 12.4 Å². The maximum Gasteiger partial charge on any atom is 0.573 e. The lowest BCUT2D eigenvalue weighted by Crippen LogP contribution is -2.42. The van der Waals surface area contributed by atoms with Crippen molar-refractivity contribution in [1.82, 2.24) is 9.62 Å². The van der Waals surface area contributed by atoms with Crippen LogP contribution in [0.2, 0.25) is 0 Å². The van der Waals surface area contributed by atoms with E-state index in [1.165, 1.54) is 16.4 Å². The van der Waals surface area contributed by atoms with Crippen LogP contribution < -0.4 is 10.1 Å². The molecule has 1 saturated heterocycles. The summed E-state index contributed by atoms with van der Waals surface area (Å²) in [6.45, 7) is 3.43. The fourth-order valence-corrected chi connectivity index (χ4v) is 4.35. The summed E-state index contributed by atoms with van der Waals surface area (Å²) in [5, 5.41) is 3.10. The van der Waals surface area contributed by atoms with Gasteiger partial charge in [-0.25, -0.2) is 8.42 Å². The minimum Gasteiger partial charge on any atom is -0.406 e. The van der Waals surface area contributed by atoms with Gasteiger partial charge in [0.15, 0.2) is 0 Å². The zero-order valence-corrected chi connectivity index (χ0v) is 14.7. The average Bonchev–Trinajstić information content (AvgIpc) is 2.96. The molecular weight excluding hydrogens is 369 g/mol. The van der Waals surface area contributed by atoms with E-state index in [-0.39, 0.29) is 23.3 Å². The summed E-state index contributed by atoms with van der Waals surface area (Å²) in [4.78, 5) is -0.195. The summed E-state index contributed by atoms with van der Waals surface area (Å²) in [5.74, 6) is -0.542. The smallest absolute Gasteiger partial charge is 0.406 e. The molecule has 1 fully saturated rings. The van der Waals surface area contributed by atoms with Crippen LogP contribution in [0.3, 0.4) is 0 Å². The fraction of sp³-hybridized carbons (Fsp3) is 0.571. The van der Waals surface area contributed by atoms with Crippen LogP contribution in [-0.2, 0) is 10.0 Å². The Morgan fingerprint density at radius 2 is 2.08 bits per heavy atom. The third-order valence-corrected chi connectivity index (χ3v) is 5.48. The summed E-state index contributed by atoms with van der Waals surface area (Å²) in [5.41, 5.74) is 0. The first-order valence-corrected chi connectivity index (χ1v) is 8.76. The number of halogens is 4. The number of rotatable bonds is 6. The molecule has 24 heavy (non-hydrogen) atoms. The molecular formula is C14H20ClF3N2O3S. The minimum absolute atomic E-state index is 0. The van der Waals surface area contributed by atoms with Gasteiger partial charge in [0.1, 0.15) is 5.75 Å². The molecule has 1 aliphatic heterocycles. The summed E-state index contributed by atoms with van der Waals surface area (Å²) >= 11 is 0. The van der Waals surface area contributed by atoms with E-state index in [0.717, 1.165) is 18.7 Å². The zero-order chi connectivity index (χ0) is 17.1. The molecule has 1 aromatic carbocycles. The Kier molecular flexibility index (Phi) is 7.33. The number of nitrogens with zero attached hydrogens (tertiary/aromatic N) is 1. The van der Waals surface area contributed by atoms with E-state index in [0.29, 0.717) is 25.9 Å². The van der Waals surface area contributed by atoms with E-state index < -0.39 is 22.1 Å². The van der Waals surface area contributed by atoms with Gasteiger partial charge in [0.05, 0.1) is 4.90 Å². The van der Waals surface area contributed by atoms with Crippen LogP contribution in [0.25, 0.3) is 0 Å². The first-order chi connectivity index (χ1) is 10.7. The summed E-state index contributed by atoms with van der Waals surface area (Å²) in [6.07, 6.45) is -3.56. The molecule has 1 aromatic rings. The van der Waals surface area contributed by atoms with E-state index in [1.54, 1.807) is 0 Å². The van der Waals surface area contributed by atoms with E-state index >= 15 is 0 Å². The number of ether oxygens (including phenoxy) is 1. The molecule has 1 aliphatic rings. The lowest BCUT2D eigenvalue weighted by Gasteiger charge is -2.27. The van der Waals surface area contributed by atoms with Gasteiger partial charge in [0, 0.05) is 25.2 Å². The molecule has 1 atom stereocenters. The van der Waals surface area contributed by atoms with Gasteiger partial charge >= 0.3 is 6.36 Å². The Labute approximate surface area is 145 Å². The van der Waals surface area contributed by atoms with Crippen molar-refractivity contribution in [2.45, 2.75) is 37.1 Å². The molecule has 1 heterocycles. The molecule has 0 aliphatic carbocycles. The molecule has 0 aromatic heterocycles. The molecule has 1 unspecified atom stereocenters. The van der Waals surface area contributed by atoms with Crippen molar-refractivity contribution in [3.8, 4) is 5.75 Å². The Hall–Kier alpha value is -1.03. The van der Waals surface area contributed by atoms with Gasteiger partial charge in [-0.2, -0.15) is 4.31 Å². The molecule has 5 nitrogen and oxygen atoms in total. The number of benzene rings is 1. The Morgan fingerprint density at radius 1 is 1.38 bits per heavy atom. The van der Waals surface area contributed by atoms with Crippen molar-refractivity contribution >= 4 is 22.4 Å². The van der Waals surface area contributed by atoms with Gasteiger partial charge in [0.2, 0.25) is 10.0 Å². The molecule has 2 rings (SSSR count). The van der Waals surface area contributed by atoms with Gasteiger partial charge < -0.3 is 10.1 Å². The largest absolute Gasteiger partial charge is 0.573 e. The number of hydrogen-bond donors (Lipinski definition) is 1. The second-order valence-electron chi connectivity index (χ2n) is 5.29. The highest BCUT2D eigenvalue weighted by atomic mass is 35.5. The van der Waals surface area contributed by atoms with Crippen LogP contribution in [0.4, 0.5) is 13.2 Å². The van der Waals surface area contributed by atoms with Crippen molar-refractivity contribution in [3.63, 3.8) is 0 Å². The molecule has 1 N–H and O–H groups in total. The maximum absolute atomic E-state index is 12.8. The molecule has 0 saturated carbocycles. The number of alkyl halides is 3. The van der Waals surface area contributed by atoms with Gasteiger partial charge in [-0.05, 0) is 31.5 Å². The van der Waals surface area contributed by atoms with Crippen molar-refractivity contribution in [2.75, 3.05) is 19.6 Å². The van der Waals surface area contributed by atoms with Crippen molar-refractivity contribution in [1.29, 1.82) is 0 Å². The van der Waals surface area contributed by atoms with Crippen LogP contribution in [0, 0.1) is 0 Å². The minimum atomic E-state index is -4.86. The second-order valence-corrected chi connectivity index (χ2v) is 7.18. The number of hydrogen-bond acceptors (Lipinski definition) is 4. The number of nitrogens with one attached hydrogen (secondary N) is 1. The molecule has 0 amide bonds.